The molecule has 3 N–H and O–H groups in total. The zero-order valence-corrected chi connectivity index (χ0v) is 36.7. The van der Waals surface area contributed by atoms with Crippen molar-refractivity contribution in [1.29, 1.82) is 0 Å². The maximum Gasteiger partial charge on any atom is 1.00 e. The van der Waals surface area contributed by atoms with E-state index < -0.39 is 25.8 Å². The summed E-state index contributed by atoms with van der Waals surface area (Å²) in [6.45, 7) is 0. The molecule has 0 unspecified atom stereocenters. The molecule has 0 saturated heterocycles. The number of hydrogen-bond donors (Lipinski definition) is 2. The Morgan fingerprint density at radius 3 is 1.35 bits per heavy atom. The van der Waals surface area contributed by atoms with Gasteiger partial charge >= 0.3 is 330 Å². The number of carbonyl (C=O) groups excluding carboxylic acids is 1. The van der Waals surface area contributed by atoms with Gasteiger partial charge in [0.25, 0.3) is 0 Å². The first-order chi connectivity index (χ1) is 6.54. The Morgan fingerprint density at radius 1 is 1.00 bits per heavy atom. The van der Waals surface area contributed by atoms with Gasteiger partial charge in [-0.1, -0.05) is 0 Å². The van der Waals surface area contributed by atoms with Gasteiger partial charge in [-0.25, -0.2) is 0 Å². The second-order valence-electron chi connectivity index (χ2n) is 2.31. The van der Waals surface area contributed by atoms with Crippen molar-refractivity contribution in [3.05, 3.63) is 0 Å². The van der Waals surface area contributed by atoms with Crippen LogP contribution in [0.1, 0.15) is 18.5 Å². The summed E-state index contributed by atoms with van der Waals surface area (Å²) in [6, 6.07) is -1.17. The van der Waals surface area contributed by atoms with E-state index in [9.17, 15) is 14.7 Å². The molecule has 0 aliphatic rings. The van der Waals surface area contributed by atoms with Crippen LogP contribution in [0.2, 0.25) is 0 Å². The van der Waals surface area contributed by atoms with Gasteiger partial charge in [-0.05, 0) is 6.42 Å². The van der Waals surface area contributed by atoms with E-state index in [1.54, 1.807) is 0 Å². The van der Waals surface area contributed by atoms with Gasteiger partial charge in [0.05, 0.1) is 5.97 Å². The molecule has 0 aliphatic heterocycles. The number of aliphatic carboxylic acids is 2. The predicted octanol–water partition coefficient (Wildman–Crippen LogP) is -28.4. The number of nitrogens with two attached hydrogens (primary N) is 1. The third-order valence-electron chi connectivity index (χ3n) is 0.972. The van der Waals surface area contributed by atoms with Crippen LogP contribution < -0.4 is 349 Å². The Hall–Kier alpha value is 9.56. The van der Waals surface area contributed by atoms with Crippen LogP contribution in [0, 0.1) is 0 Å². The maximum absolute atomic E-state index is 9.88. The van der Waals surface area contributed by atoms with E-state index in [4.69, 9.17) is 30.1 Å². The number of carbonyl (C=O) groups is 2. The summed E-state index contributed by atoms with van der Waals surface area (Å²) >= 11 is 0. The standard InChI is InChI=1S/C5H9NO4.4K.4Na.H3O4P.4H/c6-3(5(9)10)1-2-4(7)8;;;;;;;;;1-5(2,3)4;;;;/h3H,1-2,6H2,(H,7,8)(H,9,10);;;;;;;;;(H3,1,2,3,4);;;;/q;8*+1;;4*-1/p-4/t3-;;;;;;;;;;;;;/m0............./s1. The maximum atomic E-state index is 9.88. The Balaban J connectivity index is -0.00000000770. The summed E-state index contributed by atoms with van der Waals surface area (Å²) in [5.41, 5.74) is 4.94. The van der Waals surface area contributed by atoms with Gasteiger partial charge in [-0.3, -0.25) is 4.79 Å². The van der Waals surface area contributed by atoms with E-state index in [-0.39, 0.29) is 342 Å². The van der Waals surface area contributed by atoms with E-state index in [2.05, 4.69) is 0 Å². The van der Waals surface area contributed by atoms with Crippen molar-refractivity contribution in [2.24, 2.45) is 5.73 Å². The topological polar surface area (TPSA) is 190 Å². The quantitative estimate of drug-likeness (QED) is 0.283. The van der Waals surface area contributed by atoms with E-state index in [1.807, 2.05) is 0 Å². The van der Waals surface area contributed by atoms with Crippen LogP contribution in [-0.2, 0) is 14.2 Å². The van der Waals surface area contributed by atoms with E-state index in [0.29, 0.717) is 0 Å². The second-order valence-corrected chi connectivity index (χ2v) is 3.20. The molecule has 0 aromatic rings. The first kappa shape index (κ1) is 63.7. The molecule has 0 bridgehead atoms. The van der Waals surface area contributed by atoms with E-state index >= 15 is 0 Å². The minimum absolute atomic E-state index is 0. The molecule has 98 valence electrons. The fourth-order valence-corrected chi connectivity index (χ4v) is 0.397. The van der Waals surface area contributed by atoms with Crippen LogP contribution in [0.4, 0.5) is 0 Å². The molecule has 0 aliphatic carbocycles. The van der Waals surface area contributed by atoms with Gasteiger partial charge in [0.15, 0.2) is 0 Å². The summed E-state index contributed by atoms with van der Waals surface area (Å²) in [7, 11) is -5.39. The monoisotopic (exact) mass is 493 g/mol. The Bertz CT molecular complexity index is 297. The van der Waals surface area contributed by atoms with Crippen LogP contribution in [0.5, 0.6) is 0 Å². The SMILES string of the molecule is N[C@@H](CCC(=O)O)C(=O)[O-].O=P([O-])([O-])[O-].[H-].[H-].[H-].[H-].[K+].[K+].[K+].[K+].[Na+].[Na+].[Na+].[Na+]. The largest absolute Gasteiger partial charge is 1.00 e. The van der Waals surface area contributed by atoms with E-state index in [1.165, 1.54) is 0 Å². The molecule has 0 spiro atoms. The normalized spacial score (nSPS) is 8.00. The summed E-state index contributed by atoms with van der Waals surface area (Å²) < 4.78 is 8.55. The van der Waals surface area contributed by atoms with Gasteiger partial charge < -0.3 is 45.7 Å². The van der Waals surface area contributed by atoms with Crippen molar-refractivity contribution in [3.63, 3.8) is 0 Å². The van der Waals surface area contributed by atoms with Gasteiger partial charge in [0, 0.05) is 12.5 Å². The van der Waals surface area contributed by atoms with Crippen LogP contribution >= 0.6 is 7.82 Å². The van der Waals surface area contributed by atoms with Gasteiger partial charge in [-0.2, -0.15) is 7.82 Å². The Morgan fingerprint density at radius 2 is 1.22 bits per heavy atom. The Labute approximate surface area is 400 Å². The second kappa shape index (κ2) is 41.8. The molecule has 0 rings (SSSR count). The molecule has 0 radical (unpaired) electrons. The summed E-state index contributed by atoms with van der Waals surface area (Å²) in [6.07, 6.45) is -0.327. The van der Waals surface area contributed by atoms with Crippen molar-refractivity contribution in [2.75, 3.05) is 0 Å². The summed E-state index contributed by atoms with van der Waals surface area (Å²) in [4.78, 5) is 45.4. The zero-order valence-electron chi connectivity index (χ0n) is 19.3. The average Bonchev–Trinajstić information content (AvgIpc) is 1.96. The van der Waals surface area contributed by atoms with Crippen molar-refractivity contribution < 1.29 is 369 Å². The van der Waals surface area contributed by atoms with Crippen molar-refractivity contribution in [3.8, 4) is 0 Å². The van der Waals surface area contributed by atoms with Crippen molar-refractivity contribution in [1.82, 2.24) is 0 Å². The fourth-order valence-electron chi connectivity index (χ4n) is 0.397. The molecular formula is C5H12K4NNa4O8P. The van der Waals surface area contributed by atoms with Crippen LogP contribution in [0.3, 0.4) is 0 Å². The molecule has 0 heterocycles. The average molecular weight is 493 g/mol. The van der Waals surface area contributed by atoms with Crippen LogP contribution in [0.15, 0.2) is 0 Å². The molecule has 0 aromatic carbocycles. The minimum atomic E-state index is -5.39. The van der Waals surface area contributed by atoms with Gasteiger partial charge in [0.2, 0.25) is 0 Å². The number of carboxylic acids is 2. The Kier molecular flexibility index (Phi) is 116. The van der Waals surface area contributed by atoms with E-state index in [0.717, 1.165) is 0 Å². The smallest absolute Gasteiger partial charge is 1.00 e. The molecule has 0 fully saturated rings. The zero-order chi connectivity index (χ0) is 12.6. The minimum Gasteiger partial charge on any atom is -1.00 e. The number of carboxylic acid groups (broad SMARTS) is 2. The summed E-state index contributed by atoms with van der Waals surface area (Å²) in [5.74, 6) is -2.47. The first-order valence-electron chi connectivity index (χ1n) is 3.45. The summed E-state index contributed by atoms with van der Waals surface area (Å²) in [5, 5.41) is 18.0. The third kappa shape index (κ3) is 80.1. The molecule has 18 heteroatoms. The molecule has 9 nitrogen and oxygen atoms in total. The fraction of sp³-hybridized carbons (Fsp3) is 0.600. The molecule has 23 heavy (non-hydrogen) atoms. The molecule has 0 aromatic heterocycles. The van der Waals surface area contributed by atoms with Gasteiger partial charge in [0.1, 0.15) is 0 Å². The number of rotatable bonds is 4. The van der Waals surface area contributed by atoms with Gasteiger partial charge in [-0.15, -0.1) is 0 Å². The number of hydrogen-bond acceptors (Lipinski definition) is 8. The molecule has 0 saturated carbocycles. The van der Waals surface area contributed by atoms with Crippen molar-refractivity contribution in [2.45, 2.75) is 18.9 Å². The predicted molar refractivity (Wildman–Crippen MR) is 41.9 cm³/mol. The van der Waals surface area contributed by atoms with Crippen LogP contribution in [-0.4, -0.2) is 23.1 Å². The van der Waals surface area contributed by atoms with Crippen LogP contribution in [0.25, 0.3) is 0 Å². The number of phosphoric acid groups is 1. The third-order valence-corrected chi connectivity index (χ3v) is 0.972. The molecular weight excluding hydrogens is 481 g/mol. The first-order valence-corrected chi connectivity index (χ1v) is 4.91. The molecule has 0 amide bonds. The molecule has 1 atom stereocenters. The van der Waals surface area contributed by atoms with Crippen molar-refractivity contribution >= 4 is 19.8 Å².